The van der Waals surface area contributed by atoms with Crippen LogP contribution in [0.5, 0.6) is 11.5 Å². The summed E-state index contributed by atoms with van der Waals surface area (Å²) in [5, 5.41) is 2.85. The van der Waals surface area contributed by atoms with Crippen molar-refractivity contribution < 1.29 is 19.1 Å². The van der Waals surface area contributed by atoms with Crippen LogP contribution in [0.1, 0.15) is 23.6 Å². The zero-order valence-electron chi connectivity index (χ0n) is 15.9. The highest BCUT2D eigenvalue weighted by Gasteiger charge is 2.18. The van der Waals surface area contributed by atoms with Crippen LogP contribution in [0.25, 0.3) is 0 Å². The van der Waals surface area contributed by atoms with Crippen LogP contribution in [0, 0.1) is 6.92 Å². The molecule has 3 rings (SSSR count). The van der Waals surface area contributed by atoms with Crippen LogP contribution in [-0.4, -0.2) is 37.0 Å². The van der Waals surface area contributed by atoms with E-state index in [1.807, 2.05) is 37.3 Å². The first-order valence-electron chi connectivity index (χ1n) is 8.91. The van der Waals surface area contributed by atoms with Crippen molar-refractivity contribution in [1.29, 1.82) is 0 Å². The third-order valence-electron chi connectivity index (χ3n) is 4.63. The lowest BCUT2D eigenvalue weighted by molar-refractivity contribution is -0.129. The minimum Gasteiger partial charge on any atom is -0.493 e. The van der Waals surface area contributed by atoms with E-state index >= 15 is 0 Å². The van der Waals surface area contributed by atoms with E-state index in [2.05, 4.69) is 5.32 Å². The minimum atomic E-state index is -0.253. The number of carbonyl (C=O) groups excluding carboxylic acids is 2. The highest BCUT2D eigenvalue weighted by atomic mass is 16.5. The molecule has 6 heteroatoms. The number of methoxy groups -OCH3 is 1. The fourth-order valence-corrected chi connectivity index (χ4v) is 3.14. The van der Waals surface area contributed by atoms with Crippen LogP contribution in [0.15, 0.2) is 36.4 Å². The van der Waals surface area contributed by atoms with Crippen molar-refractivity contribution in [2.45, 2.75) is 26.8 Å². The van der Waals surface area contributed by atoms with E-state index < -0.39 is 0 Å². The Bertz CT molecular complexity index is 863. The number of ether oxygens (including phenoxy) is 2. The van der Waals surface area contributed by atoms with Gasteiger partial charge in [-0.15, -0.1) is 0 Å². The second-order valence-electron chi connectivity index (χ2n) is 6.67. The molecule has 0 saturated heterocycles. The van der Waals surface area contributed by atoms with E-state index in [-0.39, 0.29) is 18.4 Å². The van der Waals surface area contributed by atoms with E-state index in [4.69, 9.17) is 9.47 Å². The van der Waals surface area contributed by atoms with Crippen molar-refractivity contribution in [2.75, 3.05) is 25.6 Å². The van der Waals surface area contributed by atoms with Crippen molar-refractivity contribution in [2.24, 2.45) is 0 Å². The Morgan fingerprint density at radius 3 is 2.67 bits per heavy atom. The molecule has 0 unspecified atom stereocenters. The van der Waals surface area contributed by atoms with E-state index in [0.717, 1.165) is 24.1 Å². The predicted octanol–water partition coefficient (Wildman–Crippen LogP) is 2.93. The molecular formula is C21H24N2O4. The molecule has 1 aliphatic rings. The molecule has 142 valence electrons. The molecule has 0 bridgehead atoms. The molecule has 0 fully saturated rings. The summed E-state index contributed by atoms with van der Waals surface area (Å²) in [7, 11) is 1.57. The third kappa shape index (κ3) is 4.58. The van der Waals surface area contributed by atoms with Crippen LogP contribution >= 0.6 is 0 Å². The maximum atomic E-state index is 12.3. The number of aryl methyl sites for hydroxylation is 1. The summed E-state index contributed by atoms with van der Waals surface area (Å²) in [5.74, 6) is 0.939. The van der Waals surface area contributed by atoms with Crippen LogP contribution in [-0.2, 0) is 22.6 Å². The lowest BCUT2D eigenvalue weighted by Crippen LogP contribution is -2.34. The number of hydrogen-bond donors (Lipinski definition) is 1. The van der Waals surface area contributed by atoms with Gasteiger partial charge in [0.25, 0.3) is 5.91 Å². The number of benzene rings is 2. The Morgan fingerprint density at radius 2 is 1.93 bits per heavy atom. The molecular weight excluding hydrogens is 344 g/mol. The number of carbonyl (C=O) groups is 2. The summed E-state index contributed by atoms with van der Waals surface area (Å²) < 4.78 is 10.9. The average Bonchev–Trinajstić information content (AvgIpc) is 2.66. The lowest BCUT2D eigenvalue weighted by Gasteiger charge is -2.28. The molecule has 2 amide bonds. The van der Waals surface area contributed by atoms with Gasteiger partial charge < -0.3 is 19.7 Å². The van der Waals surface area contributed by atoms with Crippen molar-refractivity contribution in [3.05, 3.63) is 53.1 Å². The SMILES string of the molecule is COc1cc(C)ccc1OCC(=O)Nc1ccc2c(c1)CN(C(C)=O)CC2. The highest BCUT2D eigenvalue weighted by molar-refractivity contribution is 5.92. The van der Waals surface area contributed by atoms with Gasteiger partial charge in [0.2, 0.25) is 5.91 Å². The van der Waals surface area contributed by atoms with Gasteiger partial charge in [0.05, 0.1) is 7.11 Å². The summed E-state index contributed by atoms with van der Waals surface area (Å²) in [6.07, 6.45) is 0.833. The van der Waals surface area contributed by atoms with Crippen molar-refractivity contribution in [1.82, 2.24) is 4.90 Å². The Hall–Kier alpha value is -3.02. The largest absolute Gasteiger partial charge is 0.493 e. The topological polar surface area (TPSA) is 67.9 Å². The number of amides is 2. The summed E-state index contributed by atoms with van der Waals surface area (Å²) in [6.45, 7) is 4.73. The maximum absolute atomic E-state index is 12.3. The van der Waals surface area contributed by atoms with Gasteiger partial charge >= 0.3 is 0 Å². The smallest absolute Gasteiger partial charge is 0.262 e. The molecule has 27 heavy (non-hydrogen) atoms. The first kappa shape index (κ1) is 18.8. The van der Waals surface area contributed by atoms with Gasteiger partial charge in [-0.05, 0) is 54.3 Å². The Morgan fingerprint density at radius 1 is 1.11 bits per heavy atom. The van der Waals surface area contributed by atoms with Crippen molar-refractivity contribution in [3.8, 4) is 11.5 Å². The standard InChI is InChI=1S/C21H24N2O4/c1-14-4-7-19(20(10-14)26-3)27-13-21(25)22-18-6-5-16-8-9-23(15(2)24)12-17(16)11-18/h4-7,10-11H,8-9,12-13H2,1-3H3,(H,22,25). The van der Waals surface area contributed by atoms with Gasteiger partial charge in [-0.2, -0.15) is 0 Å². The zero-order chi connectivity index (χ0) is 19.4. The molecule has 1 aliphatic heterocycles. The molecule has 1 heterocycles. The Kier molecular flexibility index (Phi) is 5.64. The summed E-state index contributed by atoms with van der Waals surface area (Å²) in [5.41, 5.74) is 4.03. The van der Waals surface area contributed by atoms with Crippen LogP contribution in [0.3, 0.4) is 0 Å². The molecule has 2 aromatic carbocycles. The lowest BCUT2D eigenvalue weighted by atomic mass is 9.99. The van der Waals surface area contributed by atoms with Crippen LogP contribution < -0.4 is 14.8 Å². The summed E-state index contributed by atoms with van der Waals surface area (Å²) >= 11 is 0. The van der Waals surface area contributed by atoms with E-state index in [1.165, 1.54) is 5.56 Å². The van der Waals surface area contributed by atoms with Gasteiger partial charge in [-0.3, -0.25) is 9.59 Å². The summed E-state index contributed by atoms with van der Waals surface area (Å²) in [4.78, 5) is 25.7. The van der Waals surface area contributed by atoms with Gasteiger partial charge in [-0.1, -0.05) is 12.1 Å². The van der Waals surface area contributed by atoms with Gasteiger partial charge in [-0.25, -0.2) is 0 Å². The normalized spacial score (nSPS) is 12.9. The molecule has 0 aliphatic carbocycles. The second kappa shape index (κ2) is 8.12. The number of nitrogens with zero attached hydrogens (tertiary/aromatic N) is 1. The number of fused-ring (bicyclic) bond motifs is 1. The van der Waals surface area contributed by atoms with E-state index in [0.29, 0.717) is 23.7 Å². The monoisotopic (exact) mass is 368 g/mol. The molecule has 0 atom stereocenters. The quantitative estimate of drug-likeness (QED) is 0.881. The number of anilines is 1. The second-order valence-corrected chi connectivity index (χ2v) is 6.67. The number of nitrogens with one attached hydrogen (secondary N) is 1. The number of rotatable bonds is 5. The first-order chi connectivity index (χ1) is 13.0. The van der Waals surface area contributed by atoms with Crippen molar-refractivity contribution in [3.63, 3.8) is 0 Å². The molecule has 0 radical (unpaired) electrons. The number of hydrogen-bond acceptors (Lipinski definition) is 4. The van der Waals surface area contributed by atoms with Crippen LogP contribution in [0.4, 0.5) is 5.69 Å². The summed E-state index contributed by atoms with van der Waals surface area (Å²) in [6, 6.07) is 11.4. The zero-order valence-corrected chi connectivity index (χ0v) is 15.9. The van der Waals surface area contributed by atoms with Gasteiger partial charge in [0.15, 0.2) is 18.1 Å². The molecule has 6 nitrogen and oxygen atoms in total. The predicted molar refractivity (Wildman–Crippen MR) is 103 cm³/mol. The molecule has 1 N–H and O–H groups in total. The molecule has 0 saturated carbocycles. The highest BCUT2D eigenvalue weighted by Crippen LogP contribution is 2.28. The van der Waals surface area contributed by atoms with Gasteiger partial charge in [0.1, 0.15) is 0 Å². The average molecular weight is 368 g/mol. The van der Waals surface area contributed by atoms with Crippen molar-refractivity contribution >= 4 is 17.5 Å². The van der Waals surface area contributed by atoms with E-state index in [9.17, 15) is 9.59 Å². The Labute approximate surface area is 159 Å². The van der Waals surface area contributed by atoms with E-state index in [1.54, 1.807) is 25.0 Å². The van der Waals surface area contributed by atoms with Gasteiger partial charge in [0, 0.05) is 25.7 Å². The maximum Gasteiger partial charge on any atom is 0.262 e. The Balaban J connectivity index is 1.62. The molecule has 0 aromatic heterocycles. The molecule has 2 aromatic rings. The minimum absolute atomic E-state index is 0.0653. The fraction of sp³-hybridized carbons (Fsp3) is 0.333. The molecule has 0 spiro atoms. The first-order valence-corrected chi connectivity index (χ1v) is 8.91. The van der Waals surface area contributed by atoms with Crippen LogP contribution in [0.2, 0.25) is 0 Å². The third-order valence-corrected chi connectivity index (χ3v) is 4.63. The fourth-order valence-electron chi connectivity index (χ4n) is 3.14.